The number of primary amides is 1. The van der Waals surface area contributed by atoms with Gasteiger partial charge in [0.25, 0.3) is 11.8 Å². The zero-order valence-electron chi connectivity index (χ0n) is 36.2. The highest BCUT2D eigenvalue weighted by Crippen LogP contribution is 2.26. The molecule has 3 N–H and O–H groups in total. The number of carbonyl (C=O) groups is 3. The summed E-state index contributed by atoms with van der Waals surface area (Å²) in [5.74, 6) is -0.472. The molecule has 0 aromatic heterocycles. The maximum absolute atomic E-state index is 14.7. The Bertz CT molecular complexity index is 2030. The molecule has 316 valence electrons. The van der Waals surface area contributed by atoms with Crippen molar-refractivity contribution in [2.75, 3.05) is 67.6 Å². The summed E-state index contributed by atoms with van der Waals surface area (Å²) in [5.41, 5.74) is 12.2. The van der Waals surface area contributed by atoms with Crippen molar-refractivity contribution in [3.05, 3.63) is 160 Å². The first-order chi connectivity index (χ1) is 28.1. The van der Waals surface area contributed by atoms with Gasteiger partial charge in [-0.1, -0.05) is 55.7 Å². The Hall–Kier alpha value is -5.91. The number of likely N-dealkylation sites (N-methyl/N-ethyl adjacent to an activating group) is 1. The lowest BCUT2D eigenvalue weighted by Gasteiger charge is -2.29. The van der Waals surface area contributed by atoms with E-state index in [4.69, 9.17) is 15.2 Å². The molecular weight excluding hydrogens is 743 g/mol. The Morgan fingerprint density at radius 3 is 2.25 bits per heavy atom. The van der Waals surface area contributed by atoms with Crippen molar-refractivity contribution in [3.63, 3.8) is 0 Å². The highest BCUT2D eigenvalue weighted by molar-refractivity contribution is 6.02. The number of allylic oxidation sites excluding steroid dienone is 7. The second-order valence-corrected chi connectivity index (χ2v) is 14.7. The molecule has 0 bridgehead atoms. The van der Waals surface area contributed by atoms with E-state index in [0.29, 0.717) is 58.9 Å². The number of methoxy groups -OCH3 is 1. The number of nitrogens with zero attached hydrogens (tertiary/aromatic N) is 4. The summed E-state index contributed by atoms with van der Waals surface area (Å²) in [7, 11) is 7.39. The van der Waals surface area contributed by atoms with Crippen LogP contribution in [0.4, 0.5) is 0 Å². The van der Waals surface area contributed by atoms with E-state index >= 15 is 0 Å². The van der Waals surface area contributed by atoms with Gasteiger partial charge >= 0.3 is 0 Å². The van der Waals surface area contributed by atoms with Crippen molar-refractivity contribution < 1.29 is 29.0 Å². The third-order valence-electron chi connectivity index (χ3n) is 10.3. The van der Waals surface area contributed by atoms with Crippen LogP contribution >= 0.6 is 0 Å². The van der Waals surface area contributed by atoms with Crippen LogP contribution < -0.4 is 5.73 Å². The average molecular weight is 806 g/mol. The van der Waals surface area contributed by atoms with Gasteiger partial charge in [0, 0.05) is 62.8 Å². The van der Waals surface area contributed by atoms with Crippen molar-refractivity contribution >= 4 is 23.8 Å². The molecule has 0 spiro atoms. The molecule has 1 fully saturated rings. The number of hydrogen-bond donors (Lipinski definition) is 2. The molecule has 0 unspecified atom stereocenters. The molecule has 2 aliphatic rings. The predicted molar refractivity (Wildman–Crippen MR) is 238 cm³/mol. The number of benzene rings is 2. The Labute approximate surface area is 351 Å². The molecule has 11 heteroatoms. The van der Waals surface area contributed by atoms with Crippen molar-refractivity contribution in [1.82, 2.24) is 19.6 Å². The van der Waals surface area contributed by atoms with Gasteiger partial charge in [0.05, 0.1) is 32.4 Å². The van der Waals surface area contributed by atoms with Crippen LogP contribution in [-0.2, 0) is 27.2 Å². The van der Waals surface area contributed by atoms with Crippen LogP contribution in [0.2, 0.25) is 0 Å². The zero-order chi connectivity index (χ0) is 43.6. The molecule has 2 aliphatic heterocycles. The van der Waals surface area contributed by atoms with Crippen LogP contribution in [0.5, 0.6) is 0 Å². The van der Waals surface area contributed by atoms with Gasteiger partial charge < -0.3 is 39.9 Å². The highest BCUT2D eigenvalue weighted by Gasteiger charge is 2.26. The fraction of sp³-hybridized carbons (Fsp3) is 0.354. The number of rotatable bonds is 15. The van der Waals surface area contributed by atoms with Gasteiger partial charge in [-0.25, -0.2) is 0 Å². The van der Waals surface area contributed by atoms with Gasteiger partial charge in [-0.05, 0) is 118 Å². The second kappa shape index (κ2) is 23.5. The van der Waals surface area contributed by atoms with Crippen LogP contribution in [0.1, 0.15) is 71.5 Å². The molecule has 3 amide bonds. The summed E-state index contributed by atoms with van der Waals surface area (Å²) in [6, 6.07) is 12.8. The smallest absolute Gasteiger partial charge is 0.260 e. The van der Waals surface area contributed by atoms with E-state index < -0.39 is 5.91 Å². The minimum Gasteiger partial charge on any atom is -0.508 e. The molecule has 4 rings (SSSR count). The SMILES string of the molecule is C=C/C(O)=C\C/C=C(\C)N(CC(=C)/C(C)=C(\C=C/C)OC)C(=O)C(/C=C/c1cc(C(N)=O)ccc1C(=O)N1CCc2ccccc2C1)=C(\C)N(C)C.CN1CCOCC1. The molecule has 0 radical (unpaired) electrons. The summed E-state index contributed by atoms with van der Waals surface area (Å²) in [5, 5.41) is 9.93. The summed E-state index contributed by atoms with van der Waals surface area (Å²) in [4.78, 5) is 48.5. The van der Waals surface area contributed by atoms with Gasteiger partial charge in [0.15, 0.2) is 0 Å². The quantitative estimate of drug-likeness (QED) is 0.107. The maximum atomic E-state index is 14.7. The monoisotopic (exact) mass is 805 g/mol. The van der Waals surface area contributed by atoms with Crippen molar-refractivity contribution in [1.29, 1.82) is 0 Å². The van der Waals surface area contributed by atoms with E-state index in [1.165, 1.54) is 11.6 Å². The fourth-order valence-electron chi connectivity index (χ4n) is 6.33. The third-order valence-corrected chi connectivity index (χ3v) is 10.3. The largest absolute Gasteiger partial charge is 0.508 e. The third kappa shape index (κ3) is 13.9. The lowest BCUT2D eigenvalue weighted by Crippen LogP contribution is -2.36. The summed E-state index contributed by atoms with van der Waals surface area (Å²) in [6.07, 6.45) is 12.9. The molecule has 11 nitrogen and oxygen atoms in total. The van der Waals surface area contributed by atoms with E-state index in [2.05, 4.69) is 31.2 Å². The van der Waals surface area contributed by atoms with Gasteiger partial charge in [0.2, 0.25) is 5.91 Å². The van der Waals surface area contributed by atoms with E-state index in [0.717, 1.165) is 43.9 Å². The van der Waals surface area contributed by atoms with Crippen LogP contribution in [0.3, 0.4) is 0 Å². The van der Waals surface area contributed by atoms with E-state index in [9.17, 15) is 19.5 Å². The lowest BCUT2D eigenvalue weighted by atomic mass is 9.97. The van der Waals surface area contributed by atoms with Gasteiger partial charge in [-0.15, -0.1) is 0 Å². The predicted octanol–water partition coefficient (Wildman–Crippen LogP) is 7.58. The van der Waals surface area contributed by atoms with Crippen LogP contribution in [-0.4, -0.2) is 110 Å². The summed E-state index contributed by atoms with van der Waals surface area (Å²) in [6.45, 7) is 20.5. The van der Waals surface area contributed by atoms with Gasteiger partial charge in [-0.3, -0.25) is 14.4 Å². The molecule has 1 saturated heterocycles. The number of hydrogen-bond acceptors (Lipinski definition) is 8. The normalized spacial score (nSPS) is 15.7. The first-order valence-electron chi connectivity index (χ1n) is 19.8. The van der Waals surface area contributed by atoms with Crippen LogP contribution in [0, 0.1) is 0 Å². The number of amides is 3. The molecule has 2 heterocycles. The highest BCUT2D eigenvalue weighted by atomic mass is 16.5. The summed E-state index contributed by atoms with van der Waals surface area (Å²) >= 11 is 0. The van der Waals surface area contributed by atoms with Crippen LogP contribution in [0.15, 0.2) is 132 Å². The van der Waals surface area contributed by atoms with Crippen molar-refractivity contribution in [3.8, 4) is 0 Å². The Kier molecular flexibility index (Phi) is 18.9. The number of fused-ring (bicyclic) bond motifs is 1. The molecule has 0 saturated carbocycles. The number of aliphatic hydroxyl groups is 1. The number of ether oxygens (including phenoxy) is 2. The Balaban J connectivity index is 0.00000120. The molecular formula is C48H63N5O6. The van der Waals surface area contributed by atoms with E-state index in [1.54, 1.807) is 53.3 Å². The zero-order valence-corrected chi connectivity index (χ0v) is 36.2. The van der Waals surface area contributed by atoms with Crippen molar-refractivity contribution in [2.24, 2.45) is 5.73 Å². The lowest BCUT2D eigenvalue weighted by molar-refractivity contribution is -0.124. The number of aliphatic hydroxyl groups excluding tert-OH is 1. The van der Waals surface area contributed by atoms with E-state index in [-0.39, 0.29) is 29.7 Å². The average Bonchev–Trinajstić information content (AvgIpc) is 3.23. The second-order valence-electron chi connectivity index (χ2n) is 14.7. The minimum atomic E-state index is -0.629. The molecule has 0 atom stereocenters. The number of carbonyl (C=O) groups excluding carboxylic acids is 3. The van der Waals surface area contributed by atoms with Gasteiger partial charge in [-0.2, -0.15) is 0 Å². The Morgan fingerprint density at radius 1 is 1.00 bits per heavy atom. The fourth-order valence-corrected chi connectivity index (χ4v) is 6.33. The molecule has 2 aromatic rings. The first-order valence-corrected chi connectivity index (χ1v) is 19.8. The maximum Gasteiger partial charge on any atom is 0.260 e. The molecule has 59 heavy (non-hydrogen) atoms. The van der Waals surface area contributed by atoms with Crippen molar-refractivity contribution in [2.45, 2.75) is 47.1 Å². The van der Waals surface area contributed by atoms with E-state index in [1.807, 2.05) is 83.1 Å². The Morgan fingerprint density at radius 2 is 1.68 bits per heavy atom. The number of nitrogens with two attached hydrogens (primary N) is 1. The number of morpholine rings is 1. The minimum absolute atomic E-state index is 0.0329. The standard InChI is InChI=1S/C43H52N4O5.C5H11NO/c1-10-15-40(52-9)31(5)29(3)27-47(30(4)16-14-19-37(48)11-2)43(51)38(32(6)45(7)8)22-20-34-26-35(41(44)49)21-23-39(34)42(50)46-25-24-33-17-12-13-18-36(33)28-46;1-6-2-4-7-5-3-6/h10-13,15-23,26,48H,2-3,14,24-25,27-28H2,1,4-9H3,(H2,44,49);2-5H2,1H3/b15-10-,22-20+,30-16+,37-19+,38-32+,40-31+;. The topological polar surface area (TPSA) is 129 Å². The van der Waals surface area contributed by atoms with Gasteiger partial charge in [0.1, 0.15) is 11.5 Å². The molecule has 0 aliphatic carbocycles. The summed E-state index contributed by atoms with van der Waals surface area (Å²) < 4.78 is 10.7. The van der Waals surface area contributed by atoms with Crippen LogP contribution in [0.25, 0.3) is 6.08 Å². The first kappa shape index (κ1) is 47.5. The molecule has 2 aromatic carbocycles.